The molecule has 1 aromatic heterocycles. The topological polar surface area (TPSA) is 93.3 Å². The minimum atomic E-state index is -3.29. The molecule has 0 amide bonds. The standard InChI is InChI=1S/C14H17ClN2O4S/c15-12-6-4-11(5-7-12)14-16-13(21-17-14)10-22(19,20)9-3-1-2-8-18/h4-7,18H,1-3,8-10H2. The molecule has 8 heteroatoms. The van der Waals surface area contributed by atoms with Gasteiger partial charge >= 0.3 is 0 Å². The Morgan fingerprint density at radius 1 is 1.14 bits per heavy atom. The summed E-state index contributed by atoms with van der Waals surface area (Å²) in [6, 6.07) is 6.87. The van der Waals surface area contributed by atoms with E-state index in [2.05, 4.69) is 10.1 Å². The summed E-state index contributed by atoms with van der Waals surface area (Å²) in [6.07, 6.45) is 1.80. The van der Waals surface area contributed by atoms with Crippen LogP contribution in [0.5, 0.6) is 0 Å². The molecule has 120 valence electrons. The van der Waals surface area contributed by atoms with E-state index in [0.29, 0.717) is 35.7 Å². The molecule has 0 atom stereocenters. The lowest BCUT2D eigenvalue weighted by Crippen LogP contribution is -2.09. The van der Waals surface area contributed by atoms with Crippen LogP contribution in [0.2, 0.25) is 5.02 Å². The van der Waals surface area contributed by atoms with E-state index in [9.17, 15) is 8.42 Å². The van der Waals surface area contributed by atoms with Gasteiger partial charge in [-0.2, -0.15) is 4.98 Å². The van der Waals surface area contributed by atoms with Crippen LogP contribution in [0.25, 0.3) is 11.4 Å². The van der Waals surface area contributed by atoms with Crippen LogP contribution in [0, 0.1) is 0 Å². The molecule has 0 saturated carbocycles. The number of unbranched alkanes of at least 4 members (excludes halogenated alkanes) is 2. The number of hydrogen-bond donors (Lipinski definition) is 1. The van der Waals surface area contributed by atoms with Crippen molar-refractivity contribution in [1.82, 2.24) is 10.1 Å². The molecule has 22 heavy (non-hydrogen) atoms. The van der Waals surface area contributed by atoms with Gasteiger partial charge in [0.15, 0.2) is 9.84 Å². The Labute approximate surface area is 134 Å². The number of aliphatic hydroxyl groups is 1. The quantitative estimate of drug-likeness (QED) is 0.739. The van der Waals surface area contributed by atoms with Crippen LogP contribution in [-0.4, -0.2) is 36.0 Å². The summed E-state index contributed by atoms with van der Waals surface area (Å²) >= 11 is 5.80. The lowest BCUT2D eigenvalue weighted by Gasteiger charge is -2.00. The molecule has 2 aromatic rings. The zero-order chi connectivity index (χ0) is 16.0. The maximum Gasteiger partial charge on any atom is 0.242 e. The van der Waals surface area contributed by atoms with Crippen LogP contribution < -0.4 is 0 Å². The molecule has 0 spiro atoms. The molecule has 0 aliphatic carbocycles. The minimum Gasteiger partial charge on any atom is -0.396 e. The van der Waals surface area contributed by atoms with E-state index in [-0.39, 0.29) is 24.0 Å². The van der Waals surface area contributed by atoms with Crippen LogP contribution in [0.15, 0.2) is 28.8 Å². The molecular weight excluding hydrogens is 328 g/mol. The van der Waals surface area contributed by atoms with Crippen molar-refractivity contribution in [3.8, 4) is 11.4 Å². The fourth-order valence-corrected chi connectivity index (χ4v) is 3.31. The molecule has 0 fully saturated rings. The van der Waals surface area contributed by atoms with Gasteiger partial charge in [0.25, 0.3) is 0 Å². The highest BCUT2D eigenvalue weighted by atomic mass is 35.5. The Hall–Kier alpha value is -1.44. The third-order valence-electron chi connectivity index (χ3n) is 3.03. The second-order valence-electron chi connectivity index (χ2n) is 4.89. The number of halogens is 1. The van der Waals surface area contributed by atoms with Gasteiger partial charge in [-0.3, -0.25) is 0 Å². The predicted molar refractivity (Wildman–Crippen MR) is 83.2 cm³/mol. The normalized spacial score (nSPS) is 11.7. The summed E-state index contributed by atoms with van der Waals surface area (Å²) in [4.78, 5) is 4.10. The molecule has 0 radical (unpaired) electrons. The zero-order valence-corrected chi connectivity index (χ0v) is 13.5. The van der Waals surface area contributed by atoms with Crippen molar-refractivity contribution in [1.29, 1.82) is 0 Å². The molecule has 0 bridgehead atoms. The summed E-state index contributed by atoms with van der Waals surface area (Å²) in [5.41, 5.74) is 0.708. The summed E-state index contributed by atoms with van der Waals surface area (Å²) in [6.45, 7) is 0.0775. The van der Waals surface area contributed by atoms with Crippen LogP contribution in [0.1, 0.15) is 25.2 Å². The second-order valence-corrected chi connectivity index (χ2v) is 7.52. The van der Waals surface area contributed by atoms with Crippen LogP contribution in [0.4, 0.5) is 0 Å². The summed E-state index contributed by atoms with van der Waals surface area (Å²) in [5, 5.41) is 13.0. The molecule has 2 rings (SSSR count). The van der Waals surface area contributed by atoms with Crippen LogP contribution in [-0.2, 0) is 15.6 Å². The largest absolute Gasteiger partial charge is 0.396 e. The zero-order valence-electron chi connectivity index (χ0n) is 11.9. The molecule has 0 saturated heterocycles. The van der Waals surface area contributed by atoms with Gasteiger partial charge in [-0.1, -0.05) is 23.2 Å². The van der Waals surface area contributed by atoms with E-state index in [1.165, 1.54) is 0 Å². The summed E-state index contributed by atoms with van der Waals surface area (Å²) < 4.78 is 28.9. The first-order valence-electron chi connectivity index (χ1n) is 6.90. The number of aromatic nitrogens is 2. The molecule has 1 N–H and O–H groups in total. The van der Waals surface area contributed by atoms with Crippen molar-refractivity contribution in [2.45, 2.75) is 25.0 Å². The van der Waals surface area contributed by atoms with Crippen molar-refractivity contribution in [3.63, 3.8) is 0 Å². The Morgan fingerprint density at radius 3 is 2.55 bits per heavy atom. The number of aliphatic hydroxyl groups excluding tert-OH is 1. The fourth-order valence-electron chi connectivity index (χ4n) is 1.90. The number of nitrogens with zero attached hydrogens (tertiary/aromatic N) is 2. The number of hydrogen-bond acceptors (Lipinski definition) is 6. The monoisotopic (exact) mass is 344 g/mol. The van der Waals surface area contributed by atoms with Crippen molar-refractivity contribution in [2.24, 2.45) is 0 Å². The highest BCUT2D eigenvalue weighted by Gasteiger charge is 2.17. The smallest absolute Gasteiger partial charge is 0.242 e. The maximum atomic E-state index is 11.9. The number of sulfone groups is 1. The first kappa shape index (κ1) is 16.9. The van der Waals surface area contributed by atoms with Crippen LogP contribution >= 0.6 is 11.6 Å². The van der Waals surface area contributed by atoms with Crippen molar-refractivity contribution in [2.75, 3.05) is 12.4 Å². The highest BCUT2D eigenvalue weighted by Crippen LogP contribution is 2.19. The lowest BCUT2D eigenvalue weighted by molar-refractivity contribution is 0.284. The van der Waals surface area contributed by atoms with E-state index < -0.39 is 9.84 Å². The van der Waals surface area contributed by atoms with E-state index in [1.807, 2.05) is 0 Å². The molecule has 1 heterocycles. The lowest BCUT2D eigenvalue weighted by atomic mass is 10.2. The fraction of sp³-hybridized carbons (Fsp3) is 0.429. The molecular formula is C14H17ClN2O4S. The van der Waals surface area contributed by atoms with Crippen LogP contribution in [0.3, 0.4) is 0 Å². The van der Waals surface area contributed by atoms with Gasteiger partial charge in [-0.25, -0.2) is 8.42 Å². The Bertz CT molecular complexity index is 698. The van der Waals surface area contributed by atoms with Crippen molar-refractivity contribution in [3.05, 3.63) is 35.2 Å². The molecule has 0 aliphatic heterocycles. The Balaban J connectivity index is 1.98. The Morgan fingerprint density at radius 2 is 1.86 bits per heavy atom. The van der Waals surface area contributed by atoms with E-state index in [1.54, 1.807) is 24.3 Å². The van der Waals surface area contributed by atoms with Gasteiger partial charge in [0, 0.05) is 17.2 Å². The predicted octanol–water partition coefficient (Wildman–Crippen LogP) is 2.47. The molecule has 1 aromatic carbocycles. The van der Waals surface area contributed by atoms with Gasteiger partial charge in [0.05, 0.1) is 5.75 Å². The van der Waals surface area contributed by atoms with Gasteiger partial charge in [0.1, 0.15) is 5.75 Å². The van der Waals surface area contributed by atoms with Gasteiger partial charge in [0.2, 0.25) is 11.7 Å². The molecule has 0 aliphatic rings. The second kappa shape index (κ2) is 7.71. The average molecular weight is 345 g/mol. The van der Waals surface area contributed by atoms with Gasteiger partial charge in [-0.05, 0) is 37.1 Å². The molecule has 6 nitrogen and oxygen atoms in total. The van der Waals surface area contributed by atoms with E-state index in [4.69, 9.17) is 21.2 Å². The van der Waals surface area contributed by atoms with Crippen molar-refractivity contribution >= 4 is 21.4 Å². The third-order valence-corrected chi connectivity index (χ3v) is 4.88. The molecule has 0 unspecified atom stereocenters. The first-order chi connectivity index (χ1) is 10.5. The number of benzene rings is 1. The van der Waals surface area contributed by atoms with Crippen molar-refractivity contribution < 1.29 is 18.0 Å². The van der Waals surface area contributed by atoms with Gasteiger partial charge < -0.3 is 9.63 Å². The SMILES string of the molecule is O=S(=O)(CCCCCO)Cc1nc(-c2ccc(Cl)cc2)no1. The Kier molecular flexibility index (Phi) is 5.93. The number of rotatable bonds is 8. The van der Waals surface area contributed by atoms with Gasteiger partial charge in [-0.15, -0.1) is 0 Å². The minimum absolute atomic E-state index is 0.0473. The highest BCUT2D eigenvalue weighted by molar-refractivity contribution is 7.90. The third kappa shape index (κ3) is 5.08. The maximum absolute atomic E-state index is 11.9. The first-order valence-corrected chi connectivity index (χ1v) is 9.10. The average Bonchev–Trinajstić information content (AvgIpc) is 2.92. The van der Waals surface area contributed by atoms with E-state index >= 15 is 0 Å². The summed E-state index contributed by atoms with van der Waals surface area (Å²) in [7, 11) is -3.29. The summed E-state index contributed by atoms with van der Waals surface area (Å²) in [5.74, 6) is 0.188. The van der Waals surface area contributed by atoms with E-state index in [0.717, 1.165) is 0 Å².